The van der Waals surface area contributed by atoms with Crippen molar-refractivity contribution in [3.63, 3.8) is 0 Å². The number of rotatable bonds is 4. The van der Waals surface area contributed by atoms with Gasteiger partial charge in [-0.3, -0.25) is 9.48 Å². The summed E-state index contributed by atoms with van der Waals surface area (Å²) < 4.78 is 40.9. The van der Waals surface area contributed by atoms with Crippen LogP contribution in [0.25, 0.3) is 22.4 Å². The number of alkyl halides is 3. The van der Waals surface area contributed by atoms with E-state index in [1.54, 1.807) is 38.1 Å². The number of hydrogen-bond donors (Lipinski definition) is 1. The highest BCUT2D eigenvalue weighted by atomic mass is 35.5. The fourth-order valence-corrected chi connectivity index (χ4v) is 4.20. The van der Waals surface area contributed by atoms with Crippen molar-refractivity contribution in [2.45, 2.75) is 20.0 Å². The van der Waals surface area contributed by atoms with Gasteiger partial charge in [-0.1, -0.05) is 60.1 Å². The molecule has 0 bridgehead atoms. The number of carbonyl (C=O) groups excluding carboxylic acids is 1. The predicted octanol–water partition coefficient (Wildman–Crippen LogP) is 7.30. The molecule has 4 aromatic rings. The Morgan fingerprint density at radius 2 is 1.65 bits per heavy atom. The van der Waals surface area contributed by atoms with Crippen molar-refractivity contribution in [2.75, 3.05) is 5.32 Å². The topological polar surface area (TPSA) is 46.9 Å². The van der Waals surface area contributed by atoms with E-state index in [2.05, 4.69) is 10.4 Å². The van der Waals surface area contributed by atoms with Crippen LogP contribution >= 0.6 is 11.6 Å². The summed E-state index contributed by atoms with van der Waals surface area (Å²) in [4.78, 5) is 13.4. The molecule has 0 aliphatic carbocycles. The van der Waals surface area contributed by atoms with Crippen molar-refractivity contribution < 1.29 is 18.0 Å². The summed E-state index contributed by atoms with van der Waals surface area (Å²) in [5, 5.41) is 6.91. The van der Waals surface area contributed by atoms with Crippen LogP contribution in [0.15, 0.2) is 66.7 Å². The van der Waals surface area contributed by atoms with Crippen molar-refractivity contribution in [3.05, 3.63) is 94.1 Å². The average molecular weight is 484 g/mol. The molecule has 3 aromatic carbocycles. The van der Waals surface area contributed by atoms with Crippen LogP contribution in [0.5, 0.6) is 0 Å². The van der Waals surface area contributed by atoms with E-state index in [0.717, 1.165) is 21.9 Å². The zero-order valence-corrected chi connectivity index (χ0v) is 19.4. The number of aryl methyl sites for hydroxylation is 3. The highest BCUT2D eigenvalue weighted by Gasteiger charge is 2.35. The van der Waals surface area contributed by atoms with Crippen molar-refractivity contribution >= 4 is 23.2 Å². The maximum Gasteiger partial charge on any atom is 0.435 e. The maximum absolute atomic E-state index is 13.4. The summed E-state index contributed by atoms with van der Waals surface area (Å²) in [7, 11) is 1.43. The van der Waals surface area contributed by atoms with Crippen LogP contribution in [0, 0.1) is 13.8 Å². The lowest BCUT2D eigenvalue weighted by Crippen LogP contribution is -2.16. The minimum absolute atomic E-state index is 0.205. The quantitative estimate of drug-likeness (QED) is 0.331. The molecule has 0 saturated heterocycles. The zero-order valence-electron chi connectivity index (χ0n) is 18.7. The van der Waals surface area contributed by atoms with Gasteiger partial charge in [0, 0.05) is 23.9 Å². The Hall–Kier alpha value is -3.58. The van der Waals surface area contributed by atoms with Gasteiger partial charge in [0.2, 0.25) is 0 Å². The molecule has 1 heterocycles. The number of hydrogen-bond acceptors (Lipinski definition) is 2. The Morgan fingerprint density at radius 1 is 0.971 bits per heavy atom. The van der Waals surface area contributed by atoms with E-state index in [0.29, 0.717) is 27.4 Å². The van der Waals surface area contributed by atoms with Crippen LogP contribution in [0.4, 0.5) is 18.9 Å². The summed E-state index contributed by atoms with van der Waals surface area (Å²) >= 11 is 6.47. The van der Waals surface area contributed by atoms with Gasteiger partial charge in [0.15, 0.2) is 5.69 Å². The monoisotopic (exact) mass is 483 g/mol. The van der Waals surface area contributed by atoms with Gasteiger partial charge in [0.25, 0.3) is 5.91 Å². The van der Waals surface area contributed by atoms with Gasteiger partial charge < -0.3 is 5.32 Å². The molecule has 1 amide bonds. The second-order valence-electron chi connectivity index (χ2n) is 8.00. The molecule has 174 valence electrons. The Kier molecular flexibility index (Phi) is 6.23. The lowest BCUT2D eigenvalue weighted by atomic mass is 9.94. The van der Waals surface area contributed by atoms with Crippen LogP contribution < -0.4 is 5.32 Å². The molecule has 0 atom stereocenters. The van der Waals surface area contributed by atoms with Crippen molar-refractivity contribution in [3.8, 4) is 22.4 Å². The second-order valence-corrected chi connectivity index (χ2v) is 8.41. The van der Waals surface area contributed by atoms with E-state index in [9.17, 15) is 18.0 Å². The van der Waals surface area contributed by atoms with Gasteiger partial charge in [-0.25, -0.2) is 0 Å². The SMILES string of the molecule is Cc1ccc(C)c(-c2cc(C(F)(F)F)nn2C)c1C(=O)Nc1ccc(-c2ccccc2)c(Cl)c1. The van der Waals surface area contributed by atoms with Gasteiger partial charge in [0.05, 0.1) is 16.3 Å². The first-order valence-electron chi connectivity index (χ1n) is 10.4. The van der Waals surface area contributed by atoms with E-state index in [-0.39, 0.29) is 11.3 Å². The molecule has 4 rings (SSSR count). The Labute approximate surface area is 200 Å². The summed E-state index contributed by atoms with van der Waals surface area (Å²) in [5.41, 5.74) is 3.39. The highest BCUT2D eigenvalue weighted by Crippen LogP contribution is 2.36. The third kappa shape index (κ3) is 4.56. The van der Waals surface area contributed by atoms with Crippen LogP contribution in [-0.2, 0) is 13.2 Å². The highest BCUT2D eigenvalue weighted by molar-refractivity contribution is 6.33. The molecule has 8 heteroatoms. The Balaban J connectivity index is 1.72. The zero-order chi connectivity index (χ0) is 24.6. The van der Waals surface area contributed by atoms with Gasteiger partial charge in [-0.2, -0.15) is 18.3 Å². The third-order valence-corrected chi connectivity index (χ3v) is 5.90. The summed E-state index contributed by atoms with van der Waals surface area (Å²) in [5.74, 6) is -0.450. The summed E-state index contributed by atoms with van der Waals surface area (Å²) in [6.07, 6.45) is -4.59. The van der Waals surface area contributed by atoms with Gasteiger partial charge in [-0.15, -0.1) is 0 Å². The molecule has 0 spiro atoms. The predicted molar refractivity (Wildman–Crippen MR) is 128 cm³/mol. The molecule has 34 heavy (non-hydrogen) atoms. The summed E-state index contributed by atoms with van der Waals surface area (Å²) in [6.45, 7) is 3.49. The Bertz CT molecular complexity index is 1380. The number of carbonyl (C=O) groups is 1. The van der Waals surface area contributed by atoms with E-state index >= 15 is 0 Å². The van der Waals surface area contributed by atoms with E-state index < -0.39 is 17.8 Å². The van der Waals surface area contributed by atoms with Crippen molar-refractivity contribution in [1.82, 2.24) is 9.78 Å². The first-order chi connectivity index (χ1) is 16.1. The van der Waals surface area contributed by atoms with Crippen molar-refractivity contribution in [2.24, 2.45) is 7.05 Å². The van der Waals surface area contributed by atoms with Gasteiger partial charge >= 0.3 is 6.18 Å². The van der Waals surface area contributed by atoms with Crippen molar-refractivity contribution in [1.29, 1.82) is 0 Å². The smallest absolute Gasteiger partial charge is 0.322 e. The molecule has 0 radical (unpaired) electrons. The van der Waals surface area contributed by atoms with Crippen LogP contribution in [0.1, 0.15) is 27.2 Å². The second kappa shape index (κ2) is 8.99. The maximum atomic E-state index is 13.4. The van der Waals surface area contributed by atoms with Crippen LogP contribution in [0.3, 0.4) is 0 Å². The number of benzene rings is 3. The van der Waals surface area contributed by atoms with E-state index in [1.807, 2.05) is 36.4 Å². The largest absolute Gasteiger partial charge is 0.435 e. The molecule has 0 saturated carbocycles. The number of nitrogens with zero attached hydrogens (tertiary/aromatic N) is 2. The lowest BCUT2D eigenvalue weighted by Gasteiger charge is -2.16. The fraction of sp³-hybridized carbons (Fsp3) is 0.154. The third-order valence-electron chi connectivity index (χ3n) is 5.59. The average Bonchev–Trinajstić information content (AvgIpc) is 3.17. The molecule has 0 unspecified atom stereocenters. The normalized spacial score (nSPS) is 11.5. The minimum atomic E-state index is -4.59. The molecule has 4 nitrogen and oxygen atoms in total. The van der Waals surface area contributed by atoms with Gasteiger partial charge in [0.1, 0.15) is 0 Å². The number of halogens is 4. The van der Waals surface area contributed by atoms with Gasteiger partial charge in [-0.05, 0) is 48.7 Å². The first-order valence-corrected chi connectivity index (χ1v) is 10.8. The molecule has 1 N–H and O–H groups in total. The molecule has 0 aliphatic heterocycles. The van der Waals surface area contributed by atoms with E-state index in [1.165, 1.54) is 7.05 Å². The fourth-order valence-electron chi connectivity index (χ4n) is 3.91. The molecule has 0 aliphatic rings. The first kappa shape index (κ1) is 23.6. The van der Waals surface area contributed by atoms with Crippen LogP contribution in [-0.4, -0.2) is 15.7 Å². The Morgan fingerprint density at radius 3 is 2.26 bits per heavy atom. The molecular formula is C26H21ClF3N3O. The molecule has 1 aromatic heterocycles. The number of aromatic nitrogens is 2. The number of nitrogens with one attached hydrogen (secondary N) is 1. The van der Waals surface area contributed by atoms with Crippen LogP contribution in [0.2, 0.25) is 5.02 Å². The lowest BCUT2D eigenvalue weighted by molar-refractivity contribution is -0.141. The number of amides is 1. The summed E-state index contributed by atoms with van der Waals surface area (Å²) in [6, 6.07) is 19.3. The number of anilines is 1. The van der Waals surface area contributed by atoms with E-state index in [4.69, 9.17) is 11.6 Å². The standard InChI is InChI=1S/C26H21ClF3N3O/c1-15-9-10-16(2)24(23(15)21-14-22(26(28,29)30)32-33(21)3)25(34)31-18-11-12-19(20(27)13-18)17-7-5-4-6-8-17/h4-14H,1-3H3,(H,31,34). The minimum Gasteiger partial charge on any atom is -0.322 e. The molecular weight excluding hydrogens is 463 g/mol. The molecule has 0 fully saturated rings.